The van der Waals surface area contributed by atoms with E-state index in [1.807, 2.05) is 12.1 Å². The number of methoxy groups -OCH3 is 2. The number of piperidine rings is 1. The molecule has 0 spiro atoms. The summed E-state index contributed by atoms with van der Waals surface area (Å²) in [6.07, 6.45) is 2.19. The van der Waals surface area contributed by atoms with E-state index < -0.39 is 6.04 Å². The van der Waals surface area contributed by atoms with Crippen molar-refractivity contribution in [3.8, 4) is 5.75 Å². The lowest BCUT2D eigenvalue weighted by atomic mass is 9.96. The van der Waals surface area contributed by atoms with Gasteiger partial charge in [0.1, 0.15) is 11.8 Å². The lowest BCUT2D eigenvalue weighted by Gasteiger charge is -2.32. The van der Waals surface area contributed by atoms with Crippen molar-refractivity contribution >= 4 is 30.7 Å². The number of rotatable bonds is 8. The standard InChI is InChI=1S/C18H29N3O3.2ClH/c1-23-13-17(19)18(22)20-11-14-7-9-21(10-8-14)12-15-3-5-16(24-2)6-4-15;;/h3-6,14,17H,7-13,19H2,1-2H3,(H,20,22);2*1H. The lowest BCUT2D eigenvalue weighted by Crippen LogP contribution is -2.46. The SMILES string of the molecule is COCC(N)C(=O)NCC1CCN(Cc2ccc(OC)cc2)CC1.Cl.Cl. The predicted molar refractivity (Wildman–Crippen MR) is 108 cm³/mol. The summed E-state index contributed by atoms with van der Waals surface area (Å²) in [6, 6.07) is 7.65. The van der Waals surface area contributed by atoms with Crippen molar-refractivity contribution in [2.45, 2.75) is 25.4 Å². The van der Waals surface area contributed by atoms with Crippen LogP contribution in [0.1, 0.15) is 18.4 Å². The van der Waals surface area contributed by atoms with Gasteiger partial charge in [-0.1, -0.05) is 12.1 Å². The molecular weight excluding hydrogens is 377 g/mol. The Hall–Kier alpha value is -1.05. The van der Waals surface area contributed by atoms with E-state index in [-0.39, 0.29) is 37.3 Å². The number of nitrogens with one attached hydrogen (secondary N) is 1. The second-order valence-corrected chi connectivity index (χ2v) is 6.37. The van der Waals surface area contributed by atoms with Gasteiger partial charge in [-0.05, 0) is 49.5 Å². The van der Waals surface area contributed by atoms with Gasteiger partial charge in [0, 0.05) is 20.2 Å². The van der Waals surface area contributed by atoms with Crippen LogP contribution >= 0.6 is 24.8 Å². The molecule has 1 heterocycles. The third-order valence-electron chi connectivity index (χ3n) is 4.52. The zero-order valence-corrected chi connectivity index (χ0v) is 17.1. The maximum atomic E-state index is 11.8. The minimum Gasteiger partial charge on any atom is -0.497 e. The summed E-state index contributed by atoms with van der Waals surface area (Å²) in [5, 5.41) is 2.94. The summed E-state index contributed by atoms with van der Waals surface area (Å²) < 4.78 is 10.1. The first-order chi connectivity index (χ1) is 11.6. The number of halogens is 2. The Balaban J connectivity index is 0.00000312. The average molecular weight is 408 g/mol. The van der Waals surface area contributed by atoms with Crippen LogP contribution < -0.4 is 15.8 Å². The van der Waals surface area contributed by atoms with Crippen LogP contribution in [0.2, 0.25) is 0 Å². The molecule has 0 aromatic heterocycles. The Labute approximate surface area is 168 Å². The number of hydrogen-bond donors (Lipinski definition) is 2. The fourth-order valence-corrected chi connectivity index (χ4v) is 2.97. The molecule has 26 heavy (non-hydrogen) atoms. The minimum atomic E-state index is -0.579. The van der Waals surface area contributed by atoms with Crippen molar-refractivity contribution in [3.05, 3.63) is 29.8 Å². The van der Waals surface area contributed by atoms with Crippen LogP contribution in [-0.4, -0.2) is 57.3 Å². The monoisotopic (exact) mass is 407 g/mol. The molecule has 1 aliphatic heterocycles. The molecule has 0 saturated carbocycles. The minimum absolute atomic E-state index is 0. The average Bonchev–Trinajstić information content (AvgIpc) is 2.61. The number of amides is 1. The Morgan fingerprint density at radius 2 is 1.85 bits per heavy atom. The van der Waals surface area contributed by atoms with Gasteiger partial charge in [-0.2, -0.15) is 0 Å². The summed E-state index contributed by atoms with van der Waals surface area (Å²) >= 11 is 0. The van der Waals surface area contributed by atoms with E-state index in [1.54, 1.807) is 14.2 Å². The summed E-state index contributed by atoms with van der Waals surface area (Å²) in [7, 11) is 3.23. The van der Waals surface area contributed by atoms with E-state index in [2.05, 4.69) is 22.3 Å². The van der Waals surface area contributed by atoms with Crippen LogP contribution in [0.15, 0.2) is 24.3 Å². The van der Waals surface area contributed by atoms with Crippen molar-refractivity contribution in [3.63, 3.8) is 0 Å². The van der Waals surface area contributed by atoms with Crippen LogP contribution in [0.3, 0.4) is 0 Å². The van der Waals surface area contributed by atoms with Gasteiger partial charge in [-0.3, -0.25) is 9.69 Å². The van der Waals surface area contributed by atoms with Gasteiger partial charge in [-0.15, -0.1) is 24.8 Å². The van der Waals surface area contributed by atoms with Gasteiger partial charge in [0.15, 0.2) is 0 Å². The smallest absolute Gasteiger partial charge is 0.239 e. The number of carbonyl (C=O) groups excluding carboxylic acids is 1. The van der Waals surface area contributed by atoms with E-state index in [4.69, 9.17) is 15.2 Å². The number of nitrogens with two attached hydrogens (primary N) is 1. The third-order valence-corrected chi connectivity index (χ3v) is 4.52. The summed E-state index contributed by atoms with van der Waals surface area (Å²) in [5.41, 5.74) is 7.02. The van der Waals surface area contributed by atoms with E-state index in [1.165, 1.54) is 5.56 Å². The van der Waals surface area contributed by atoms with Crippen LogP contribution in [-0.2, 0) is 16.1 Å². The van der Waals surface area contributed by atoms with Gasteiger partial charge < -0.3 is 20.5 Å². The van der Waals surface area contributed by atoms with Crippen LogP contribution in [0.4, 0.5) is 0 Å². The molecule has 1 aromatic carbocycles. The molecule has 8 heteroatoms. The Kier molecular flexibility index (Phi) is 12.6. The highest BCUT2D eigenvalue weighted by Gasteiger charge is 2.21. The molecule has 6 nitrogen and oxygen atoms in total. The second-order valence-electron chi connectivity index (χ2n) is 6.37. The molecule has 3 N–H and O–H groups in total. The molecule has 150 valence electrons. The molecular formula is C18H31Cl2N3O3. The summed E-state index contributed by atoms with van der Waals surface area (Å²) in [6.45, 7) is 4.02. The summed E-state index contributed by atoms with van der Waals surface area (Å²) in [5.74, 6) is 1.29. The van der Waals surface area contributed by atoms with Crippen LogP contribution in [0.25, 0.3) is 0 Å². The zero-order chi connectivity index (χ0) is 17.4. The highest BCUT2D eigenvalue weighted by Crippen LogP contribution is 2.19. The molecule has 1 aliphatic rings. The molecule has 0 bridgehead atoms. The zero-order valence-electron chi connectivity index (χ0n) is 15.5. The van der Waals surface area contributed by atoms with Gasteiger partial charge in [0.05, 0.1) is 13.7 Å². The number of nitrogens with zero attached hydrogens (tertiary/aromatic N) is 1. The number of hydrogen-bond acceptors (Lipinski definition) is 5. The normalized spacial score (nSPS) is 16.1. The van der Waals surface area contributed by atoms with E-state index >= 15 is 0 Å². The molecule has 1 saturated heterocycles. The lowest BCUT2D eigenvalue weighted by molar-refractivity contribution is -0.123. The maximum Gasteiger partial charge on any atom is 0.239 e. The van der Waals surface area contributed by atoms with Gasteiger partial charge >= 0.3 is 0 Å². The quantitative estimate of drug-likeness (QED) is 0.687. The van der Waals surface area contributed by atoms with Crippen molar-refractivity contribution in [1.82, 2.24) is 10.2 Å². The largest absolute Gasteiger partial charge is 0.497 e. The first kappa shape index (κ1) is 24.9. The Bertz CT molecular complexity index is 509. The Morgan fingerprint density at radius 1 is 1.23 bits per heavy atom. The Morgan fingerprint density at radius 3 is 2.38 bits per heavy atom. The van der Waals surface area contributed by atoms with E-state index in [0.717, 1.165) is 38.2 Å². The number of carbonyl (C=O) groups is 1. The fraction of sp³-hybridized carbons (Fsp3) is 0.611. The molecule has 0 aliphatic carbocycles. The number of likely N-dealkylation sites (tertiary alicyclic amines) is 1. The molecule has 1 aromatic rings. The van der Waals surface area contributed by atoms with Gasteiger partial charge in [-0.25, -0.2) is 0 Å². The number of ether oxygens (including phenoxy) is 2. The highest BCUT2D eigenvalue weighted by molar-refractivity contribution is 5.85. The first-order valence-electron chi connectivity index (χ1n) is 8.50. The summed E-state index contributed by atoms with van der Waals surface area (Å²) in [4.78, 5) is 14.3. The van der Waals surface area contributed by atoms with Gasteiger partial charge in [0.25, 0.3) is 0 Å². The molecule has 1 atom stereocenters. The molecule has 1 amide bonds. The molecule has 0 radical (unpaired) electrons. The molecule has 1 fully saturated rings. The number of benzene rings is 1. The van der Waals surface area contributed by atoms with Crippen molar-refractivity contribution < 1.29 is 14.3 Å². The fourth-order valence-electron chi connectivity index (χ4n) is 2.97. The van der Waals surface area contributed by atoms with Crippen LogP contribution in [0.5, 0.6) is 5.75 Å². The van der Waals surface area contributed by atoms with Crippen molar-refractivity contribution in [2.24, 2.45) is 11.7 Å². The van der Waals surface area contributed by atoms with Crippen molar-refractivity contribution in [1.29, 1.82) is 0 Å². The topological polar surface area (TPSA) is 76.8 Å². The second kappa shape index (κ2) is 13.2. The van der Waals surface area contributed by atoms with Crippen molar-refractivity contribution in [2.75, 3.05) is 40.5 Å². The molecule has 2 rings (SSSR count). The third kappa shape index (κ3) is 8.10. The maximum absolute atomic E-state index is 11.8. The molecule has 1 unspecified atom stereocenters. The highest BCUT2D eigenvalue weighted by atomic mass is 35.5. The first-order valence-corrected chi connectivity index (χ1v) is 8.50. The van der Waals surface area contributed by atoms with Gasteiger partial charge in [0.2, 0.25) is 5.91 Å². The van der Waals surface area contributed by atoms with E-state index in [0.29, 0.717) is 12.5 Å². The van der Waals surface area contributed by atoms with Crippen LogP contribution in [0, 0.1) is 5.92 Å². The predicted octanol–water partition coefficient (Wildman–Crippen LogP) is 1.84. The van der Waals surface area contributed by atoms with E-state index in [9.17, 15) is 4.79 Å².